The molecule has 0 bridgehead atoms. The van der Waals surface area contributed by atoms with E-state index >= 15 is 0 Å². The number of hydrogen-bond acceptors (Lipinski definition) is 3. The summed E-state index contributed by atoms with van der Waals surface area (Å²) in [7, 11) is 1.32. The Kier molecular flexibility index (Phi) is 6.88. The molecule has 0 saturated carbocycles. The van der Waals surface area contributed by atoms with E-state index in [0.29, 0.717) is 10.3 Å². The Morgan fingerprint density at radius 2 is 1.21 bits per heavy atom. The van der Waals surface area contributed by atoms with Crippen molar-refractivity contribution in [3.63, 3.8) is 0 Å². The monoisotopic (exact) mass is 416 g/mol. The van der Waals surface area contributed by atoms with Crippen molar-refractivity contribution in [2.45, 2.75) is 0 Å². The Labute approximate surface area is 178 Å². The fraction of sp³-hybridized carbons (Fsp3) is 0.0833. The Balaban J connectivity index is 2.46. The number of allylic oxidation sites excluding steroid dienone is 1. The van der Waals surface area contributed by atoms with Gasteiger partial charge in [0.2, 0.25) is 5.31 Å². The van der Waals surface area contributed by atoms with E-state index in [1.54, 1.807) is 6.34 Å². The summed E-state index contributed by atoms with van der Waals surface area (Å²) >= 11 is 4.68. The van der Waals surface area contributed by atoms with Gasteiger partial charge in [0.15, 0.2) is 7.26 Å². The summed E-state index contributed by atoms with van der Waals surface area (Å²) < 4.78 is 0. The molecule has 0 amide bonds. The van der Waals surface area contributed by atoms with Crippen molar-refractivity contribution in [1.29, 1.82) is 5.26 Å². The van der Waals surface area contributed by atoms with Crippen LogP contribution < -0.4 is 15.9 Å². The van der Waals surface area contributed by atoms with Gasteiger partial charge in [-0.05, 0) is 36.4 Å². The van der Waals surface area contributed by atoms with Crippen LogP contribution in [0.15, 0.2) is 106 Å². The molecule has 3 nitrogen and oxygen atoms in total. The molecule has 3 aromatic rings. The zero-order chi connectivity index (χ0) is 20.7. The van der Waals surface area contributed by atoms with Crippen LogP contribution in [0, 0.1) is 11.3 Å². The average Bonchev–Trinajstić information content (AvgIpc) is 2.77. The van der Waals surface area contributed by atoms with E-state index in [4.69, 9.17) is 0 Å². The van der Waals surface area contributed by atoms with Gasteiger partial charge in [-0.2, -0.15) is 5.26 Å². The highest BCUT2D eigenvalue weighted by Crippen LogP contribution is 2.63. The van der Waals surface area contributed by atoms with Crippen LogP contribution in [0.4, 0.5) is 0 Å². The van der Waals surface area contributed by atoms with E-state index in [9.17, 15) is 5.26 Å². The standard InChI is InChI=1S/C24H22N3PS/c1-27(2)19-26-24(29)23(18-25)28(20-12-6-3-7-13-20,21-14-8-4-9-15-21)22-16-10-5-11-17-22/h3-17,19H,1-2H3/p+1/b24-23-,26-19+. The molecule has 0 aliphatic heterocycles. The number of hydrogen-bond donors (Lipinski definition) is 1. The molecule has 5 heteroatoms. The first-order valence-corrected chi connectivity index (χ1v) is 11.4. The van der Waals surface area contributed by atoms with E-state index < -0.39 is 7.26 Å². The van der Waals surface area contributed by atoms with Gasteiger partial charge in [-0.25, -0.2) is 4.99 Å². The van der Waals surface area contributed by atoms with Crippen LogP contribution in [0.1, 0.15) is 0 Å². The van der Waals surface area contributed by atoms with Gasteiger partial charge in [0, 0.05) is 14.1 Å². The zero-order valence-corrected chi connectivity index (χ0v) is 18.3. The second kappa shape index (κ2) is 9.56. The SMILES string of the molecule is CN(C)/C=N/C(S)=C(\C#N)[P+](c1ccccc1)(c1ccccc1)c1ccccc1. The summed E-state index contributed by atoms with van der Waals surface area (Å²) in [5.74, 6) is 0. The van der Waals surface area contributed by atoms with Crippen LogP contribution >= 0.6 is 19.9 Å². The van der Waals surface area contributed by atoms with Crippen molar-refractivity contribution in [3.8, 4) is 6.07 Å². The smallest absolute Gasteiger partial charge is 0.217 e. The first kappa shape index (κ1) is 20.9. The second-order valence-electron chi connectivity index (χ2n) is 6.67. The first-order valence-electron chi connectivity index (χ1n) is 9.21. The van der Waals surface area contributed by atoms with Gasteiger partial charge >= 0.3 is 0 Å². The molecule has 0 atom stereocenters. The highest BCUT2D eigenvalue weighted by atomic mass is 32.1. The molecule has 0 aliphatic carbocycles. The van der Waals surface area contributed by atoms with Crippen LogP contribution in [-0.4, -0.2) is 25.3 Å². The number of rotatable bonds is 6. The minimum atomic E-state index is -2.47. The lowest BCUT2D eigenvalue weighted by Gasteiger charge is -2.26. The number of nitriles is 1. The molecule has 0 aliphatic rings. The average molecular weight is 417 g/mol. The normalized spacial score (nSPS) is 12.3. The number of benzene rings is 3. The fourth-order valence-corrected chi connectivity index (χ4v) is 7.88. The van der Waals surface area contributed by atoms with Crippen molar-refractivity contribution >= 4 is 42.1 Å². The van der Waals surface area contributed by atoms with E-state index in [0.717, 1.165) is 15.9 Å². The first-order chi connectivity index (χ1) is 14.1. The Morgan fingerprint density at radius 3 is 1.52 bits per heavy atom. The molecule has 29 heavy (non-hydrogen) atoms. The van der Waals surface area contributed by atoms with E-state index in [1.165, 1.54) is 0 Å². The van der Waals surface area contributed by atoms with Gasteiger partial charge in [0.25, 0.3) is 0 Å². The minimum Gasteiger partial charge on any atom is -0.369 e. The van der Waals surface area contributed by atoms with Crippen LogP contribution in [0.25, 0.3) is 0 Å². The second-order valence-corrected chi connectivity index (χ2v) is 10.4. The molecule has 0 fully saturated rings. The summed E-state index contributed by atoms with van der Waals surface area (Å²) in [5, 5.41) is 14.7. The molecule has 144 valence electrons. The van der Waals surface area contributed by atoms with Gasteiger partial charge in [-0.15, -0.1) is 12.6 Å². The topological polar surface area (TPSA) is 39.4 Å². The van der Waals surface area contributed by atoms with Crippen molar-refractivity contribution in [2.24, 2.45) is 4.99 Å². The third kappa shape index (κ3) is 4.27. The fourth-order valence-electron chi connectivity index (χ4n) is 3.30. The zero-order valence-electron chi connectivity index (χ0n) is 16.5. The minimum absolute atomic E-state index is 0.436. The Morgan fingerprint density at radius 1 is 0.828 bits per heavy atom. The third-order valence-electron chi connectivity index (χ3n) is 4.49. The molecule has 0 heterocycles. The lowest BCUT2D eigenvalue weighted by molar-refractivity contribution is 0.643. The molecular weight excluding hydrogens is 393 g/mol. The lowest BCUT2D eigenvalue weighted by Crippen LogP contribution is -2.32. The van der Waals surface area contributed by atoms with Crippen molar-refractivity contribution in [1.82, 2.24) is 4.90 Å². The van der Waals surface area contributed by atoms with Crippen LogP contribution in [0.5, 0.6) is 0 Å². The molecule has 3 aromatic carbocycles. The maximum absolute atomic E-state index is 10.4. The van der Waals surface area contributed by atoms with Gasteiger partial charge in [0.05, 0.1) is 6.34 Å². The third-order valence-corrected chi connectivity index (χ3v) is 9.21. The van der Waals surface area contributed by atoms with Gasteiger partial charge in [0.1, 0.15) is 27.0 Å². The summed E-state index contributed by atoms with van der Waals surface area (Å²) in [5.41, 5.74) is 0. The summed E-state index contributed by atoms with van der Waals surface area (Å²) in [6, 6.07) is 33.2. The summed E-state index contributed by atoms with van der Waals surface area (Å²) in [4.78, 5) is 6.32. The molecule has 0 saturated heterocycles. The quantitative estimate of drug-likeness (QED) is 0.215. The maximum atomic E-state index is 10.4. The van der Waals surface area contributed by atoms with Crippen molar-refractivity contribution in [3.05, 3.63) is 101 Å². The van der Waals surface area contributed by atoms with E-state index in [-0.39, 0.29) is 0 Å². The maximum Gasteiger partial charge on any atom is 0.217 e. The van der Waals surface area contributed by atoms with Gasteiger partial charge in [-0.3, -0.25) is 0 Å². The molecule has 0 radical (unpaired) electrons. The van der Waals surface area contributed by atoms with E-state index in [2.05, 4.69) is 60.1 Å². The molecule has 3 rings (SSSR count). The highest BCUT2D eigenvalue weighted by Gasteiger charge is 2.51. The Bertz CT molecular complexity index is 943. The highest BCUT2D eigenvalue weighted by molar-refractivity contribution is 8.00. The molecule has 0 spiro atoms. The van der Waals surface area contributed by atoms with Crippen LogP contribution in [0.3, 0.4) is 0 Å². The molecular formula is C24H23N3PS+. The predicted molar refractivity (Wildman–Crippen MR) is 129 cm³/mol. The molecule has 0 unspecified atom stereocenters. The van der Waals surface area contributed by atoms with Crippen molar-refractivity contribution < 1.29 is 0 Å². The predicted octanol–water partition coefficient (Wildman–Crippen LogP) is 4.19. The number of nitrogens with zero attached hydrogens (tertiary/aromatic N) is 3. The molecule has 0 aromatic heterocycles. The molecule has 0 N–H and O–H groups in total. The van der Waals surface area contributed by atoms with Crippen LogP contribution in [-0.2, 0) is 0 Å². The van der Waals surface area contributed by atoms with Gasteiger partial charge < -0.3 is 4.90 Å². The largest absolute Gasteiger partial charge is 0.369 e. The van der Waals surface area contributed by atoms with Crippen molar-refractivity contribution in [2.75, 3.05) is 14.1 Å². The number of aliphatic imine (C=N–C) groups is 1. The number of thiol groups is 1. The van der Waals surface area contributed by atoms with Crippen LogP contribution in [0.2, 0.25) is 0 Å². The van der Waals surface area contributed by atoms with Gasteiger partial charge in [-0.1, -0.05) is 54.6 Å². The summed E-state index contributed by atoms with van der Waals surface area (Å²) in [6.07, 6.45) is 1.68. The Hall–Kier alpha value is -2.86. The van der Waals surface area contributed by atoms with E-state index in [1.807, 2.05) is 73.6 Å². The summed E-state index contributed by atoms with van der Waals surface area (Å²) in [6.45, 7) is 0. The lowest BCUT2D eigenvalue weighted by atomic mass is 10.4.